The molecule has 0 aliphatic rings. The molecular formula is C36H23NS. The summed E-state index contributed by atoms with van der Waals surface area (Å²) < 4.78 is 5.09. The Balaban J connectivity index is 1.43. The maximum Gasteiger partial charge on any atom is 0.0541 e. The molecule has 0 saturated heterocycles. The van der Waals surface area contributed by atoms with Crippen molar-refractivity contribution in [1.29, 1.82) is 0 Å². The minimum Gasteiger partial charge on any atom is -0.309 e. The maximum atomic E-state index is 2.43. The van der Waals surface area contributed by atoms with Crippen molar-refractivity contribution in [3.05, 3.63) is 140 Å². The van der Waals surface area contributed by atoms with Crippen molar-refractivity contribution < 1.29 is 0 Å². The van der Waals surface area contributed by atoms with E-state index in [0.29, 0.717) is 0 Å². The average Bonchev–Trinajstić information content (AvgIpc) is 3.52. The number of hydrogen-bond donors (Lipinski definition) is 0. The number of aromatic nitrogens is 1. The number of fused-ring (bicyclic) bond motifs is 6. The van der Waals surface area contributed by atoms with Crippen LogP contribution in [0.3, 0.4) is 0 Å². The molecule has 0 radical (unpaired) electrons. The molecule has 0 bridgehead atoms. The van der Waals surface area contributed by atoms with Gasteiger partial charge < -0.3 is 4.57 Å². The van der Waals surface area contributed by atoms with Gasteiger partial charge in [-0.25, -0.2) is 0 Å². The van der Waals surface area contributed by atoms with Gasteiger partial charge in [0, 0.05) is 36.6 Å². The van der Waals surface area contributed by atoms with Crippen molar-refractivity contribution in [3.8, 4) is 27.9 Å². The molecular weight excluding hydrogens is 478 g/mol. The van der Waals surface area contributed by atoms with E-state index in [1.165, 1.54) is 69.9 Å². The lowest BCUT2D eigenvalue weighted by atomic mass is 10.0. The van der Waals surface area contributed by atoms with E-state index in [9.17, 15) is 0 Å². The number of thiophene rings is 1. The second-order valence-corrected chi connectivity index (χ2v) is 10.9. The Labute approximate surface area is 224 Å². The summed E-state index contributed by atoms with van der Waals surface area (Å²) >= 11 is 1.86. The van der Waals surface area contributed by atoms with Gasteiger partial charge in [0.2, 0.25) is 0 Å². The summed E-state index contributed by atoms with van der Waals surface area (Å²) in [5.74, 6) is 0. The van der Waals surface area contributed by atoms with E-state index in [1.807, 2.05) is 11.3 Å². The molecule has 0 saturated carbocycles. The van der Waals surface area contributed by atoms with Gasteiger partial charge in [-0.1, -0.05) is 91.0 Å². The number of nitrogens with zero attached hydrogens (tertiary/aromatic N) is 1. The largest absolute Gasteiger partial charge is 0.309 e. The fourth-order valence-corrected chi connectivity index (χ4v) is 6.86. The molecule has 178 valence electrons. The molecule has 0 unspecified atom stereocenters. The van der Waals surface area contributed by atoms with Crippen molar-refractivity contribution in [1.82, 2.24) is 4.57 Å². The summed E-state index contributed by atoms with van der Waals surface area (Å²) in [5, 5.41) is 5.19. The van der Waals surface area contributed by atoms with Crippen LogP contribution in [0.15, 0.2) is 140 Å². The lowest BCUT2D eigenvalue weighted by molar-refractivity contribution is 1.19. The van der Waals surface area contributed by atoms with Crippen molar-refractivity contribution in [2.75, 3.05) is 0 Å². The molecule has 1 nitrogen and oxygen atoms in total. The summed E-state index contributed by atoms with van der Waals surface area (Å²) in [7, 11) is 0. The Morgan fingerprint density at radius 1 is 0.368 bits per heavy atom. The Hall–Kier alpha value is -4.66. The van der Waals surface area contributed by atoms with E-state index in [1.54, 1.807) is 0 Å². The fraction of sp³-hybridized carbons (Fsp3) is 0. The summed E-state index contributed by atoms with van der Waals surface area (Å²) in [6.45, 7) is 0. The van der Waals surface area contributed by atoms with Gasteiger partial charge in [-0.2, -0.15) is 0 Å². The first-order valence-corrected chi connectivity index (χ1v) is 13.8. The molecule has 6 aromatic carbocycles. The first-order chi connectivity index (χ1) is 18.8. The molecule has 0 aliphatic heterocycles. The molecule has 0 amide bonds. The first kappa shape index (κ1) is 21.4. The molecule has 2 heteroatoms. The predicted molar refractivity (Wildman–Crippen MR) is 165 cm³/mol. The van der Waals surface area contributed by atoms with Crippen LogP contribution in [0.4, 0.5) is 0 Å². The topological polar surface area (TPSA) is 4.93 Å². The highest BCUT2D eigenvalue weighted by Gasteiger charge is 2.16. The Morgan fingerprint density at radius 3 is 1.55 bits per heavy atom. The van der Waals surface area contributed by atoms with Crippen LogP contribution >= 0.6 is 11.3 Å². The van der Waals surface area contributed by atoms with Crippen molar-refractivity contribution in [2.24, 2.45) is 0 Å². The maximum absolute atomic E-state index is 2.43. The lowest BCUT2D eigenvalue weighted by Gasteiger charge is -2.09. The van der Waals surface area contributed by atoms with Gasteiger partial charge in [-0.15, -0.1) is 11.3 Å². The number of rotatable bonds is 3. The third-order valence-corrected chi connectivity index (χ3v) is 8.75. The third kappa shape index (κ3) is 3.31. The van der Waals surface area contributed by atoms with E-state index in [4.69, 9.17) is 0 Å². The molecule has 38 heavy (non-hydrogen) atoms. The monoisotopic (exact) mass is 501 g/mol. The second kappa shape index (κ2) is 8.44. The summed E-state index contributed by atoms with van der Waals surface area (Å²) in [4.78, 5) is 0. The molecule has 8 aromatic rings. The van der Waals surface area contributed by atoms with Gasteiger partial charge in [0.25, 0.3) is 0 Å². The highest BCUT2D eigenvalue weighted by Crippen LogP contribution is 2.39. The molecule has 8 rings (SSSR count). The van der Waals surface area contributed by atoms with E-state index in [0.717, 1.165) is 0 Å². The highest BCUT2D eigenvalue weighted by atomic mass is 32.1. The Bertz CT molecular complexity index is 2020. The van der Waals surface area contributed by atoms with Crippen LogP contribution in [-0.4, -0.2) is 4.57 Å². The second-order valence-electron chi connectivity index (χ2n) is 9.81. The van der Waals surface area contributed by atoms with E-state index in [2.05, 4.69) is 144 Å². The minimum absolute atomic E-state index is 1.20. The van der Waals surface area contributed by atoms with Gasteiger partial charge in [-0.05, 0) is 70.8 Å². The van der Waals surface area contributed by atoms with Gasteiger partial charge in [0.15, 0.2) is 0 Å². The van der Waals surface area contributed by atoms with Crippen molar-refractivity contribution >= 4 is 53.3 Å². The standard InChI is InChI=1S/C36H23NS/c1-3-9-24(10-4-1)26-15-18-33-30(21-26)31-22-27(25-11-5-2-6-12-25)16-19-34(31)37(33)28-17-20-36-32(23-28)29-13-7-8-14-35(29)38-36/h1-23H. The molecule has 2 heterocycles. The van der Waals surface area contributed by atoms with Crippen LogP contribution in [0.2, 0.25) is 0 Å². The predicted octanol–water partition coefficient (Wildman–Crippen LogP) is 10.5. The molecule has 0 fully saturated rings. The normalized spacial score (nSPS) is 11.7. The smallest absolute Gasteiger partial charge is 0.0541 e. The first-order valence-electron chi connectivity index (χ1n) is 12.9. The zero-order valence-corrected chi connectivity index (χ0v) is 21.5. The third-order valence-electron chi connectivity index (χ3n) is 7.60. The van der Waals surface area contributed by atoms with Crippen molar-refractivity contribution in [2.45, 2.75) is 0 Å². The summed E-state index contributed by atoms with van der Waals surface area (Å²) in [6, 6.07) is 50.8. The van der Waals surface area contributed by atoms with Gasteiger partial charge in [-0.3, -0.25) is 0 Å². The van der Waals surface area contributed by atoms with Crippen LogP contribution in [0.1, 0.15) is 0 Å². The summed E-state index contributed by atoms with van der Waals surface area (Å²) in [5.41, 5.74) is 8.60. The molecule has 2 aromatic heterocycles. The van der Waals surface area contributed by atoms with Crippen LogP contribution in [0.25, 0.3) is 69.9 Å². The van der Waals surface area contributed by atoms with Crippen LogP contribution < -0.4 is 0 Å². The van der Waals surface area contributed by atoms with E-state index < -0.39 is 0 Å². The van der Waals surface area contributed by atoms with Gasteiger partial charge in [0.1, 0.15) is 0 Å². The van der Waals surface area contributed by atoms with Crippen molar-refractivity contribution in [3.63, 3.8) is 0 Å². The van der Waals surface area contributed by atoms with Crippen LogP contribution in [-0.2, 0) is 0 Å². The molecule has 0 N–H and O–H groups in total. The Kier molecular flexibility index (Phi) is 4.76. The van der Waals surface area contributed by atoms with Crippen LogP contribution in [0.5, 0.6) is 0 Å². The fourth-order valence-electron chi connectivity index (χ4n) is 5.77. The van der Waals surface area contributed by atoms with Gasteiger partial charge in [0.05, 0.1) is 11.0 Å². The van der Waals surface area contributed by atoms with E-state index >= 15 is 0 Å². The highest BCUT2D eigenvalue weighted by molar-refractivity contribution is 7.25. The molecule has 0 spiro atoms. The summed E-state index contributed by atoms with van der Waals surface area (Å²) in [6.07, 6.45) is 0. The van der Waals surface area contributed by atoms with E-state index in [-0.39, 0.29) is 0 Å². The minimum atomic E-state index is 1.20. The quantitative estimate of drug-likeness (QED) is 0.227. The average molecular weight is 502 g/mol. The van der Waals surface area contributed by atoms with Crippen LogP contribution in [0, 0.1) is 0 Å². The lowest BCUT2D eigenvalue weighted by Crippen LogP contribution is -1.93. The number of hydrogen-bond acceptors (Lipinski definition) is 1. The van der Waals surface area contributed by atoms with Gasteiger partial charge >= 0.3 is 0 Å². The zero-order chi connectivity index (χ0) is 25.1. The molecule has 0 aliphatic carbocycles. The Morgan fingerprint density at radius 2 is 0.921 bits per heavy atom. The molecule has 0 atom stereocenters. The SMILES string of the molecule is c1ccc(-c2ccc3c(c2)c2cc(-c4ccccc4)ccc2n3-c2ccc3sc4ccccc4c3c2)cc1. The zero-order valence-electron chi connectivity index (χ0n) is 20.6. The number of benzene rings is 6.